The fraction of sp³-hybridized carbons (Fsp3) is 0.400. The maximum atomic E-state index is 13.2. The van der Waals surface area contributed by atoms with Gasteiger partial charge >= 0.3 is 0 Å². The Bertz CT molecular complexity index is 1190. The van der Waals surface area contributed by atoms with Gasteiger partial charge in [0.2, 0.25) is 0 Å². The number of hydrogen-bond acceptors (Lipinski definition) is 5. The fourth-order valence-corrected chi connectivity index (χ4v) is 3.64. The highest BCUT2D eigenvalue weighted by Crippen LogP contribution is 2.17. The van der Waals surface area contributed by atoms with E-state index in [0.29, 0.717) is 36.4 Å². The van der Waals surface area contributed by atoms with Crippen molar-refractivity contribution in [1.82, 2.24) is 19.3 Å². The van der Waals surface area contributed by atoms with Crippen molar-refractivity contribution in [2.24, 2.45) is 0 Å². The predicted molar refractivity (Wildman–Crippen MR) is 105 cm³/mol. The SMILES string of the molecule is CCNC(=O)c1cc2c(=O)n3cc(C)ccc3nc2n(C[C@@H]2CCCO2)c1=N. The van der Waals surface area contributed by atoms with Gasteiger partial charge in [-0.15, -0.1) is 0 Å². The Hall–Kier alpha value is -3.00. The molecule has 0 unspecified atom stereocenters. The molecule has 1 amide bonds. The summed E-state index contributed by atoms with van der Waals surface area (Å²) in [5, 5.41) is 11.7. The third kappa shape index (κ3) is 3.09. The van der Waals surface area contributed by atoms with E-state index in [4.69, 9.17) is 10.1 Å². The van der Waals surface area contributed by atoms with Gasteiger partial charge in [-0.2, -0.15) is 0 Å². The predicted octanol–water partition coefficient (Wildman–Crippen LogP) is 1.37. The topological polar surface area (TPSA) is 101 Å². The summed E-state index contributed by atoms with van der Waals surface area (Å²) in [6.07, 6.45) is 3.52. The maximum absolute atomic E-state index is 13.2. The average molecular weight is 381 g/mol. The molecule has 0 bridgehead atoms. The van der Waals surface area contributed by atoms with Gasteiger partial charge in [0.1, 0.15) is 16.8 Å². The van der Waals surface area contributed by atoms with Gasteiger partial charge in [-0.3, -0.25) is 19.4 Å². The number of aromatic nitrogens is 3. The quantitative estimate of drug-likeness (QED) is 0.667. The van der Waals surface area contributed by atoms with Crippen LogP contribution in [0.15, 0.2) is 29.2 Å². The number of hydrogen-bond donors (Lipinski definition) is 2. The monoisotopic (exact) mass is 381 g/mol. The number of fused-ring (bicyclic) bond motifs is 2. The standard InChI is InChI=1S/C20H23N5O3/c1-3-22-19(26)14-9-15-18(25(17(14)21)11-13-5-4-8-28-13)23-16-7-6-12(2)10-24(16)20(15)27/h6-7,9-10,13,21H,3-5,8,11H2,1-2H3,(H,22,26)/t13-/m0/s1. The van der Waals surface area contributed by atoms with Crippen molar-refractivity contribution in [3.8, 4) is 0 Å². The second kappa shape index (κ2) is 7.20. The van der Waals surface area contributed by atoms with E-state index in [-0.39, 0.29) is 28.6 Å². The van der Waals surface area contributed by atoms with Gasteiger partial charge in [0.05, 0.1) is 23.6 Å². The van der Waals surface area contributed by atoms with E-state index < -0.39 is 0 Å². The van der Waals surface area contributed by atoms with Gasteiger partial charge < -0.3 is 14.6 Å². The summed E-state index contributed by atoms with van der Waals surface area (Å²) in [6, 6.07) is 5.16. The van der Waals surface area contributed by atoms with Gasteiger partial charge in [-0.05, 0) is 44.4 Å². The lowest BCUT2D eigenvalue weighted by Gasteiger charge is -2.17. The highest BCUT2D eigenvalue weighted by Gasteiger charge is 2.21. The Kier molecular flexibility index (Phi) is 4.72. The first-order valence-corrected chi connectivity index (χ1v) is 9.50. The van der Waals surface area contributed by atoms with Crippen LogP contribution in [0, 0.1) is 12.3 Å². The third-order valence-corrected chi connectivity index (χ3v) is 5.05. The number of ether oxygens (including phenoxy) is 1. The Morgan fingerprint density at radius 3 is 2.96 bits per heavy atom. The summed E-state index contributed by atoms with van der Waals surface area (Å²) in [6.45, 7) is 5.23. The highest BCUT2D eigenvalue weighted by atomic mass is 16.5. The van der Waals surface area contributed by atoms with Crippen molar-refractivity contribution in [3.63, 3.8) is 0 Å². The minimum absolute atomic E-state index is 0.0392. The van der Waals surface area contributed by atoms with Crippen LogP contribution in [0.4, 0.5) is 0 Å². The molecule has 4 rings (SSSR count). The Morgan fingerprint density at radius 2 is 2.25 bits per heavy atom. The summed E-state index contributed by atoms with van der Waals surface area (Å²) >= 11 is 0. The van der Waals surface area contributed by atoms with E-state index >= 15 is 0 Å². The number of amides is 1. The van der Waals surface area contributed by atoms with E-state index in [1.165, 1.54) is 10.5 Å². The zero-order valence-corrected chi connectivity index (χ0v) is 16.0. The average Bonchev–Trinajstić information content (AvgIpc) is 3.18. The zero-order chi connectivity index (χ0) is 19.8. The van der Waals surface area contributed by atoms with Gasteiger partial charge in [-0.1, -0.05) is 6.07 Å². The summed E-state index contributed by atoms with van der Waals surface area (Å²) in [4.78, 5) is 30.3. The molecule has 0 saturated carbocycles. The van der Waals surface area contributed by atoms with Crippen molar-refractivity contribution in [3.05, 3.63) is 51.4 Å². The first kappa shape index (κ1) is 18.4. The van der Waals surface area contributed by atoms with E-state index in [2.05, 4.69) is 10.3 Å². The van der Waals surface area contributed by atoms with Crippen molar-refractivity contribution in [2.45, 2.75) is 39.3 Å². The molecular weight excluding hydrogens is 358 g/mol. The lowest BCUT2D eigenvalue weighted by molar-refractivity contribution is 0.0934. The maximum Gasteiger partial charge on any atom is 0.267 e. The van der Waals surface area contributed by atoms with E-state index in [0.717, 1.165) is 18.4 Å². The molecule has 146 valence electrons. The van der Waals surface area contributed by atoms with Crippen LogP contribution < -0.4 is 16.4 Å². The molecule has 28 heavy (non-hydrogen) atoms. The Labute approximate surface area is 161 Å². The normalized spacial score (nSPS) is 16.7. The van der Waals surface area contributed by atoms with E-state index in [9.17, 15) is 9.59 Å². The van der Waals surface area contributed by atoms with Crippen molar-refractivity contribution in [1.29, 1.82) is 5.41 Å². The molecular formula is C20H23N5O3. The van der Waals surface area contributed by atoms with Gasteiger partial charge in [0.25, 0.3) is 11.5 Å². The number of carbonyl (C=O) groups is 1. The Balaban J connectivity index is 2.04. The fourth-order valence-electron chi connectivity index (χ4n) is 3.64. The highest BCUT2D eigenvalue weighted by molar-refractivity contribution is 5.96. The number of carbonyl (C=O) groups excluding carboxylic acids is 1. The molecule has 1 fully saturated rings. The van der Waals surface area contributed by atoms with E-state index in [1.807, 2.05) is 19.9 Å². The van der Waals surface area contributed by atoms with Crippen LogP contribution in [0.1, 0.15) is 35.7 Å². The van der Waals surface area contributed by atoms with Crippen LogP contribution in [0.2, 0.25) is 0 Å². The lowest BCUT2D eigenvalue weighted by atomic mass is 10.1. The summed E-state index contributed by atoms with van der Waals surface area (Å²) in [7, 11) is 0. The molecule has 0 radical (unpaired) electrons. The minimum atomic E-state index is -0.371. The second-order valence-electron chi connectivity index (χ2n) is 7.10. The van der Waals surface area contributed by atoms with E-state index in [1.54, 1.807) is 16.8 Å². The van der Waals surface area contributed by atoms with Crippen molar-refractivity contribution >= 4 is 22.6 Å². The van der Waals surface area contributed by atoms with Crippen molar-refractivity contribution < 1.29 is 9.53 Å². The first-order chi connectivity index (χ1) is 13.5. The summed E-state index contributed by atoms with van der Waals surface area (Å²) in [5.41, 5.74) is 1.80. The largest absolute Gasteiger partial charge is 0.376 e. The smallest absolute Gasteiger partial charge is 0.267 e. The number of aryl methyl sites for hydroxylation is 1. The molecule has 8 nitrogen and oxygen atoms in total. The summed E-state index contributed by atoms with van der Waals surface area (Å²) < 4.78 is 8.85. The van der Waals surface area contributed by atoms with Gasteiger partial charge in [0.15, 0.2) is 0 Å². The molecule has 1 aliphatic rings. The third-order valence-electron chi connectivity index (χ3n) is 5.05. The second-order valence-corrected chi connectivity index (χ2v) is 7.10. The lowest BCUT2D eigenvalue weighted by Crippen LogP contribution is -2.36. The van der Waals surface area contributed by atoms with Crippen LogP contribution in [0.5, 0.6) is 0 Å². The number of pyridine rings is 2. The van der Waals surface area contributed by atoms with Crippen LogP contribution in [-0.4, -0.2) is 39.1 Å². The first-order valence-electron chi connectivity index (χ1n) is 9.50. The summed E-state index contributed by atoms with van der Waals surface area (Å²) in [5.74, 6) is -0.371. The molecule has 0 spiro atoms. The molecule has 3 aromatic rings. The molecule has 2 N–H and O–H groups in total. The minimum Gasteiger partial charge on any atom is -0.376 e. The van der Waals surface area contributed by atoms with Gasteiger partial charge in [-0.25, -0.2) is 4.98 Å². The number of rotatable bonds is 4. The molecule has 1 saturated heterocycles. The zero-order valence-electron chi connectivity index (χ0n) is 16.0. The van der Waals surface area contributed by atoms with Crippen LogP contribution in [0.3, 0.4) is 0 Å². The van der Waals surface area contributed by atoms with Crippen LogP contribution in [0.25, 0.3) is 16.7 Å². The molecule has 1 aliphatic heterocycles. The molecule has 4 heterocycles. The van der Waals surface area contributed by atoms with Crippen molar-refractivity contribution in [2.75, 3.05) is 13.2 Å². The molecule has 0 aromatic carbocycles. The Morgan fingerprint density at radius 1 is 1.43 bits per heavy atom. The van der Waals surface area contributed by atoms with Crippen LogP contribution in [-0.2, 0) is 11.3 Å². The van der Waals surface area contributed by atoms with Gasteiger partial charge in [0, 0.05) is 19.3 Å². The molecule has 3 aromatic heterocycles. The number of nitrogens with zero attached hydrogens (tertiary/aromatic N) is 3. The molecule has 8 heteroatoms. The van der Waals surface area contributed by atoms with Crippen LogP contribution >= 0.6 is 0 Å². The molecule has 1 atom stereocenters. The molecule has 0 aliphatic carbocycles. The number of nitrogens with one attached hydrogen (secondary N) is 2.